The summed E-state index contributed by atoms with van der Waals surface area (Å²) in [5, 5.41) is -0.347. The molecule has 9 heteroatoms. The molecule has 0 amide bonds. The molecule has 17 heavy (non-hydrogen) atoms. The van der Waals surface area contributed by atoms with Gasteiger partial charge in [0.05, 0.1) is 5.60 Å². The van der Waals surface area contributed by atoms with E-state index in [9.17, 15) is 26.3 Å². The zero-order valence-electron chi connectivity index (χ0n) is 8.85. The third kappa shape index (κ3) is 3.73. The molecule has 0 aromatic rings. The summed E-state index contributed by atoms with van der Waals surface area (Å²) in [6, 6.07) is 0. The highest BCUT2D eigenvalue weighted by Crippen LogP contribution is 2.47. The molecule has 0 saturated carbocycles. The fraction of sp³-hybridized carbons (Fsp3) is 1.00. The smallest absolute Gasteiger partial charge is 0.350 e. The summed E-state index contributed by atoms with van der Waals surface area (Å²) in [4.78, 5) is 0. The molecule has 0 heterocycles. The van der Waals surface area contributed by atoms with Gasteiger partial charge in [-0.25, -0.2) is 0 Å². The zero-order chi connectivity index (χ0) is 14.1. The molecule has 0 aliphatic carbocycles. The van der Waals surface area contributed by atoms with E-state index in [1.165, 1.54) is 0 Å². The van der Waals surface area contributed by atoms with Gasteiger partial charge < -0.3 is 4.74 Å². The average molecular weight is 396 g/mol. The van der Waals surface area contributed by atoms with Crippen LogP contribution in [0.1, 0.15) is 13.8 Å². The van der Waals surface area contributed by atoms with Gasteiger partial charge in [-0.3, -0.25) is 0 Å². The first-order valence-electron chi connectivity index (χ1n) is 4.28. The van der Waals surface area contributed by atoms with E-state index in [4.69, 9.17) is 0 Å². The fourth-order valence-electron chi connectivity index (χ4n) is 0.860. The van der Waals surface area contributed by atoms with E-state index < -0.39 is 23.6 Å². The second-order valence-corrected chi connectivity index (χ2v) is 4.97. The second kappa shape index (κ2) is 5.24. The molecule has 104 valence electrons. The molecule has 0 aliphatic rings. The molecule has 0 fully saturated rings. The molecule has 0 aromatic heterocycles. The lowest BCUT2D eigenvalue weighted by atomic mass is 10.0. The van der Waals surface area contributed by atoms with Crippen molar-refractivity contribution in [2.24, 2.45) is 0 Å². The highest BCUT2D eigenvalue weighted by atomic mass is 79.9. The van der Waals surface area contributed by atoms with Crippen LogP contribution in [0.4, 0.5) is 26.3 Å². The number of alkyl halides is 8. The van der Waals surface area contributed by atoms with E-state index in [0.29, 0.717) is 0 Å². The fourth-order valence-corrected chi connectivity index (χ4v) is 2.02. The summed E-state index contributed by atoms with van der Waals surface area (Å²) >= 11 is 5.66. The Morgan fingerprint density at radius 3 is 1.29 bits per heavy atom. The Bertz CT molecular complexity index is 244. The topological polar surface area (TPSA) is 9.23 Å². The highest BCUT2D eigenvalue weighted by molar-refractivity contribution is 9.09. The van der Waals surface area contributed by atoms with Gasteiger partial charge in [0.1, 0.15) is 0 Å². The summed E-state index contributed by atoms with van der Waals surface area (Å²) in [5.41, 5.74) is -5.82. The molecule has 0 aromatic carbocycles. The molecule has 0 radical (unpaired) electrons. The standard InChI is InChI=1S/C8H10Br2F6O/c1-5(3-9,4-10)17-6(2,7(11,12)13)8(14,15)16/h3-4H2,1-2H3. The molecule has 1 nitrogen and oxygen atoms in total. The minimum atomic E-state index is -5.54. The second-order valence-electron chi connectivity index (χ2n) is 3.85. The van der Waals surface area contributed by atoms with Gasteiger partial charge in [-0.15, -0.1) is 0 Å². The summed E-state index contributed by atoms with van der Waals surface area (Å²) in [7, 11) is 0. The van der Waals surface area contributed by atoms with E-state index in [1.54, 1.807) is 0 Å². The Labute approximate surface area is 111 Å². The normalized spacial score (nSPS) is 15.2. The number of halogens is 8. The summed E-state index contributed by atoms with van der Waals surface area (Å²) in [6.45, 7) is 1.13. The van der Waals surface area contributed by atoms with Crippen LogP contribution in [-0.2, 0) is 4.74 Å². The van der Waals surface area contributed by atoms with Gasteiger partial charge in [-0.2, -0.15) is 26.3 Å². The Morgan fingerprint density at radius 1 is 0.824 bits per heavy atom. The third-order valence-electron chi connectivity index (χ3n) is 2.10. The van der Waals surface area contributed by atoms with E-state index in [-0.39, 0.29) is 17.6 Å². The minimum absolute atomic E-state index is 0.0173. The molecule has 0 spiro atoms. The summed E-state index contributed by atoms with van der Waals surface area (Å²) in [5.74, 6) is 0. The number of hydrogen-bond acceptors (Lipinski definition) is 1. The van der Waals surface area contributed by atoms with Crippen LogP contribution in [0.5, 0.6) is 0 Å². The lowest BCUT2D eigenvalue weighted by molar-refractivity contribution is -0.390. The zero-order valence-corrected chi connectivity index (χ0v) is 12.0. The van der Waals surface area contributed by atoms with Crippen LogP contribution in [0.15, 0.2) is 0 Å². The van der Waals surface area contributed by atoms with Crippen molar-refractivity contribution >= 4 is 31.9 Å². The van der Waals surface area contributed by atoms with Gasteiger partial charge in [-0.05, 0) is 13.8 Å². The third-order valence-corrected chi connectivity index (χ3v) is 4.47. The van der Waals surface area contributed by atoms with Crippen LogP contribution in [0.25, 0.3) is 0 Å². The number of ether oxygens (including phenoxy) is 1. The first-order valence-corrected chi connectivity index (χ1v) is 6.53. The molecular weight excluding hydrogens is 386 g/mol. The predicted molar refractivity (Wildman–Crippen MR) is 57.6 cm³/mol. The quantitative estimate of drug-likeness (QED) is 0.505. The van der Waals surface area contributed by atoms with Crippen LogP contribution in [0.3, 0.4) is 0 Å². The Kier molecular flexibility index (Phi) is 5.40. The minimum Gasteiger partial charge on any atom is -0.350 e. The van der Waals surface area contributed by atoms with Crippen LogP contribution in [0, 0.1) is 0 Å². The monoisotopic (exact) mass is 394 g/mol. The van der Waals surface area contributed by atoms with Crippen molar-refractivity contribution in [3.63, 3.8) is 0 Å². The SMILES string of the molecule is CC(CBr)(CBr)OC(C)(C(F)(F)F)C(F)(F)F. The summed E-state index contributed by atoms with van der Waals surface area (Å²) in [6.07, 6.45) is -11.1. The molecular formula is C8H10Br2F6O. The van der Waals surface area contributed by atoms with Crippen LogP contribution < -0.4 is 0 Å². The molecule has 0 N–H and O–H groups in total. The van der Waals surface area contributed by atoms with Crippen molar-refractivity contribution in [2.75, 3.05) is 10.7 Å². The number of hydrogen-bond donors (Lipinski definition) is 0. The maximum atomic E-state index is 12.5. The van der Waals surface area contributed by atoms with Crippen LogP contribution in [0.2, 0.25) is 0 Å². The largest absolute Gasteiger partial charge is 0.426 e. The van der Waals surface area contributed by atoms with Crippen molar-refractivity contribution < 1.29 is 31.1 Å². The lowest BCUT2D eigenvalue weighted by Crippen LogP contribution is -2.60. The molecule has 0 atom stereocenters. The summed E-state index contributed by atoms with van der Waals surface area (Å²) < 4.78 is 79.5. The van der Waals surface area contributed by atoms with E-state index >= 15 is 0 Å². The van der Waals surface area contributed by atoms with Gasteiger partial charge in [-0.1, -0.05) is 31.9 Å². The predicted octanol–water partition coefficient (Wildman–Crippen LogP) is 4.43. The van der Waals surface area contributed by atoms with Gasteiger partial charge in [0, 0.05) is 10.7 Å². The molecule has 0 bridgehead atoms. The van der Waals surface area contributed by atoms with E-state index in [2.05, 4.69) is 36.6 Å². The van der Waals surface area contributed by atoms with Crippen molar-refractivity contribution in [1.29, 1.82) is 0 Å². The van der Waals surface area contributed by atoms with Crippen LogP contribution >= 0.6 is 31.9 Å². The molecule has 0 rings (SSSR count). The Hall–Kier alpha value is 0.500. The van der Waals surface area contributed by atoms with Crippen LogP contribution in [-0.4, -0.2) is 34.2 Å². The van der Waals surface area contributed by atoms with Gasteiger partial charge in [0.15, 0.2) is 0 Å². The maximum absolute atomic E-state index is 12.5. The Morgan fingerprint density at radius 2 is 1.12 bits per heavy atom. The molecule has 0 unspecified atom stereocenters. The van der Waals surface area contributed by atoms with Gasteiger partial charge >= 0.3 is 12.4 Å². The van der Waals surface area contributed by atoms with E-state index in [1.807, 2.05) is 0 Å². The lowest BCUT2D eigenvalue weighted by Gasteiger charge is -2.40. The van der Waals surface area contributed by atoms with Crippen molar-refractivity contribution in [3.05, 3.63) is 0 Å². The van der Waals surface area contributed by atoms with E-state index in [0.717, 1.165) is 6.92 Å². The highest BCUT2D eigenvalue weighted by Gasteiger charge is 2.70. The van der Waals surface area contributed by atoms with Crippen molar-refractivity contribution in [2.45, 2.75) is 37.4 Å². The average Bonchev–Trinajstić information content (AvgIpc) is 2.14. The molecule has 0 aliphatic heterocycles. The van der Waals surface area contributed by atoms with Gasteiger partial charge in [0.2, 0.25) is 0 Å². The van der Waals surface area contributed by atoms with Crippen molar-refractivity contribution in [3.8, 4) is 0 Å². The van der Waals surface area contributed by atoms with Gasteiger partial charge in [0.25, 0.3) is 5.60 Å². The first kappa shape index (κ1) is 17.5. The Balaban J connectivity index is 5.40. The first-order chi connectivity index (χ1) is 7.33. The van der Waals surface area contributed by atoms with Crippen molar-refractivity contribution in [1.82, 2.24) is 0 Å². The molecule has 0 saturated heterocycles. The number of rotatable bonds is 4. The maximum Gasteiger partial charge on any atom is 0.426 e.